The molecule has 0 amide bonds. The van der Waals surface area contributed by atoms with Gasteiger partial charge in [0.1, 0.15) is 6.10 Å². The van der Waals surface area contributed by atoms with E-state index in [1.165, 1.54) is 0 Å². The molecule has 1 fully saturated rings. The molecule has 4 heteroatoms. The lowest BCUT2D eigenvalue weighted by molar-refractivity contribution is -0.0619. The second kappa shape index (κ2) is 7.17. The fraction of sp³-hybridized carbons (Fsp3) is 1.00. The predicted octanol–water partition coefficient (Wildman–Crippen LogP) is 0.398. The van der Waals surface area contributed by atoms with Crippen molar-refractivity contribution in [1.29, 1.82) is 0 Å². The molecule has 1 rings (SSSR count). The fourth-order valence-corrected chi connectivity index (χ4v) is 1.72. The van der Waals surface area contributed by atoms with Crippen molar-refractivity contribution in [2.24, 2.45) is 5.92 Å². The molecule has 15 heavy (non-hydrogen) atoms. The Balaban J connectivity index is 2.11. The van der Waals surface area contributed by atoms with Crippen molar-refractivity contribution in [2.75, 3.05) is 32.9 Å². The Morgan fingerprint density at radius 2 is 2.27 bits per heavy atom. The maximum absolute atomic E-state index is 9.53. The van der Waals surface area contributed by atoms with Crippen LogP contribution in [-0.4, -0.2) is 50.2 Å². The largest absolute Gasteiger partial charge is 0.388 e. The highest BCUT2D eigenvalue weighted by Gasteiger charge is 2.22. The van der Waals surface area contributed by atoms with Gasteiger partial charge in [-0.05, 0) is 25.8 Å². The summed E-state index contributed by atoms with van der Waals surface area (Å²) in [5.41, 5.74) is 0. The number of aliphatic hydroxyl groups is 1. The second-order valence-electron chi connectivity index (χ2n) is 4.16. The summed E-state index contributed by atoms with van der Waals surface area (Å²) in [4.78, 5) is 0. The van der Waals surface area contributed by atoms with Crippen molar-refractivity contribution < 1.29 is 14.6 Å². The van der Waals surface area contributed by atoms with E-state index < -0.39 is 6.10 Å². The highest BCUT2D eigenvalue weighted by Crippen LogP contribution is 2.14. The molecule has 90 valence electrons. The number of rotatable bonds is 6. The molecule has 1 saturated heterocycles. The smallest absolute Gasteiger partial charge is 0.101 e. The molecular weight excluding hydrogens is 194 g/mol. The molecule has 0 radical (unpaired) electrons. The van der Waals surface area contributed by atoms with Gasteiger partial charge in [0.05, 0.1) is 19.3 Å². The SMILES string of the molecule is CCOCC(O)COC1CNCCC1C. The van der Waals surface area contributed by atoms with Crippen molar-refractivity contribution in [3.63, 3.8) is 0 Å². The number of ether oxygens (including phenoxy) is 2. The standard InChI is InChI=1S/C11H23NO3/c1-3-14-7-10(13)8-15-11-6-12-5-4-9(11)2/h9-13H,3-8H2,1-2H3. The van der Waals surface area contributed by atoms with Crippen LogP contribution in [0, 0.1) is 5.92 Å². The van der Waals surface area contributed by atoms with Crippen LogP contribution in [-0.2, 0) is 9.47 Å². The van der Waals surface area contributed by atoms with E-state index in [2.05, 4.69) is 12.2 Å². The van der Waals surface area contributed by atoms with Crippen molar-refractivity contribution >= 4 is 0 Å². The number of hydrogen-bond donors (Lipinski definition) is 2. The molecular formula is C11H23NO3. The maximum Gasteiger partial charge on any atom is 0.101 e. The first-order valence-corrected chi connectivity index (χ1v) is 5.82. The quantitative estimate of drug-likeness (QED) is 0.676. The Labute approximate surface area is 92.0 Å². The van der Waals surface area contributed by atoms with Crippen LogP contribution in [0.25, 0.3) is 0 Å². The Kier molecular flexibility index (Phi) is 6.17. The van der Waals surface area contributed by atoms with E-state index in [1.54, 1.807) is 0 Å². The van der Waals surface area contributed by atoms with E-state index in [0.29, 0.717) is 25.7 Å². The van der Waals surface area contributed by atoms with Crippen LogP contribution in [0.1, 0.15) is 20.3 Å². The molecule has 0 aromatic rings. The van der Waals surface area contributed by atoms with Crippen LogP contribution in [0.4, 0.5) is 0 Å². The highest BCUT2D eigenvalue weighted by atomic mass is 16.5. The van der Waals surface area contributed by atoms with E-state index >= 15 is 0 Å². The van der Waals surface area contributed by atoms with Gasteiger partial charge in [0, 0.05) is 13.2 Å². The van der Waals surface area contributed by atoms with Gasteiger partial charge in [0.15, 0.2) is 0 Å². The minimum atomic E-state index is -0.501. The number of nitrogens with one attached hydrogen (secondary N) is 1. The van der Waals surface area contributed by atoms with Gasteiger partial charge in [-0.1, -0.05) is 6.92 Å². The Hall–Kier alpha value is -0.160. The Morgan fingerprint density at radius 1 is 1.47 bits per heavy atom. The molecule has 0 aliphatic carbocycles. The topological polar surface area (TPSA) is 50.7 Å². The molecule has 1 heterocycles. The molecule has 0 spiro atoms. The third-order valence-corrected chi connectivity index (χ3v) is 2.77. The summed E-state index contributed by atoms with van der Waals surface area (Å²) in [6.07, 6.45) is 0.876. The molecule has 0 aromatic heterocycles. The maximum atomic E-state index is 9.53. The van der Waals surface area contributed by atoms with Crippen LogP contribution >= 0.6 is 0 Å². The van der Waals surface area contributed by atoms with Crippen molar-refractivity contribution in [3.05, 3.63) is 0 Å². The fourth-order valence-electron chi connectivity index (χ4n) is 1.72. The lowest BCUT2D eigenvalue weighted by atomic mass is 9.97. The summed E-state index contributed by atoms with van der Waals surface area (Å²) in [5, 5.41) is 12.8. The Morgan fingerprint density at radius 3 is 2.93 bits per heavy atom. The van der Waals surface area contributed by atoms with Crippen LogP contribution in [0.2, 0.25) is 0 Å². The first-order valence-electron chi connectivity index (χ1n) is 5.82. The highest BCUT2D eigenvalue weighted by molar-refractivity contribution is 4.75. The Bertz CT molecular complexity index is 166. The van der Waals surface area contributed by atoms with E-state index in [1.807, 2.05) is 6.92 Å². The second-order valence-corrected chi connectivity index (χ2v) is 4.16. The normalized spacial score (nSPS) is 29.0. The van der Waals surface area contributed by atoms with Gasteiger partial charge in [0.25, 0.3) is 0 Å². The first kappa shape index (κ1) is 12.9. The number of hydrogen-bond acceptors (Lipinski definition) is 4. The van der Waals surface area contributed by atoms with Crippen molar-refractivity contribution in [2.45, 2.75) is 32.5 Å². The van der Waals surface area contributed by atoms with Crippen LogP contribution in [0.5, 0.6) is 0 Å². The molecule has 3 unspecified atom stereocenters. The average Bonchev–Trinajstić information content (AvgIpc) is 2.25. The van der Waals surface area contributed by atoms with E-state index in [9.17, 15) is 5.11 Å². The van der Waals surface area contributed by atoms with Crippen molar-refractivity contribution in [3.8, 4) is 0 Å². The zero-order valence-corrected chi connectivity index (χ0v) is 9.74. The van der Waals surface area contributed by atoms with Gasteiger partial charge in [-0.25, -0.2) is 0 Å². The average molecular weight is 217 g/mol. The molecule has 4 nitrogen and oxygen atoms in total. The molecule has 1 aliphatic heterocycles. The van der Waals surface area contributed by atoms with E-state index in [4.69, 9.17) is 9.47 Å². The van der Waals surface area contributed by atoms with E-state index in [0.717, 1.165) is 19.5 Å². The summed E-state index contributed by atoms with van der Waals surface area (Å²) in [7, 11) is 0. The van der Waals surface area contributed by atoms with Crippen LogP contribution < -0.4 is 5.32 Å². The van der Waals surface area contributed by atoms with Gasteiger partial charge >= 0.3 is 0 Å². The van der Waals surface area contributed by atoms with E-state index in [-0.39, 0.29) is 6.10 Å². The zero-order chi connectivity index (χ0) is 11.1. The lowest BCUT2D eigenvalue weighted by Gasteiger charge is -2.30. The summed E-state index contributed by atoms with van der Waals surface area (Å²) in [6.45, 7) is 7.45. The lowest BCUT2D eigenvalue weighted by Crippen LogP contribution is -2.42. The number of piperidine rings is 1. The summed E-state index contributed by atoms with van der Waals surface area (Å²) >= 11 is 0. The molecule has 1 aliphatic rings. The van der Waals surface area contributed by atoms with Gasteiger partial charge < -0.3 is 19.9 Å². The van der Waals surface area contributed by atoms with Gasteiger partial charge in [-0.3, -0.25) is 0 Å². The minimum Gasteiger partial charge on any atom is -0.388 e. The summed E-state index contributed by atoms with van der Waals surface area (Å²) in [5.74, 6) is 0.575. The van der Waals surface area contributed by atoms with Gasteiger partial charge in [-0.2, -0.15) is 0 Å². The first-order chi connectivity index (χ1) is 7.24. The molecule has 3 atom stereocenters. The molecule has 2 N–H and O–H groups in total. The summed E-state index contributed by atoms with van der Waals surface area (Å²) in [6, 6.07) is 0. The van der Waals surface area contributed by atoms with Crippen LogP contribution in [0.3, 0.4) is 0 Å². The third-order valence-electron chi connectivity index (χ3n) is 2.77. The third kappa shape index (κ3) is 4.93. The van der Waals surface area contributed by atoms with Gasteiger partial charge in [-0.15, -0.1) is 0 Å². The predicted molar refractivity (Wildman–Crippen MR) is 58.9 cm³/mol. The van der Waals surface area contributed by atoms with Crippen molar-refractivity contribution in [1.82, 2.24) is 5.32 Å². The number of aliphatic hydroxyl groups excluding tert-OH is 1. The summed E-state index contributed by atoms with van der Waals surface area (Å²) < 4.78 is 10.8. The minimum absolute atomic E-state index is 0.232. The zero-order valence-electron chi connectivity index (χ0n) is 9.74. The monoisotopic (exact) mass is 217 g/mol. The van der Waals surface area contributed by atoms with Crippen LogP contribution in [0.15, 0.2) is 0 Å². The molecule has 0 aromatic carbocycles. The molecule has 0 bridgehead atoms. The molecule has 0 saturated carbocycles. The van der Waals surface area contributed by atoms with Gasteiger partial charge in [0.2, 0.25) is 0 Å².